The summed E-state index contributed by atoms with van der Waals surface area (Å²) in [6.07, 6.45) is 3.08. The van der Waals surface area contributed by atoms with Crippen molar-refractivity contribution < 1.29 is 10.1 Å². The van der Waals surface area contributed by atoms with Gasteiger partial charge in [0.2, 0.25) is 0 Å². The molecule has 2 aromatic heterocycles. The van der Waals surface area contributed by atoms with Crippen LogP contribution in [0.25, 0.3) is 10.9 Å². The Morgan fingerprint density at radius 1 is 1.13 bits per heavy atom. The number of hydrogen-bond acceptors (Lipinski definition) is 2. The van der Waals surface area contributed by atoms with Crippen LogP contribution in [0.2, 0.25) is 0 Å². The number of thiophene rings is 1. The molecule has 0 fully saturated rings. The number of rotatable bonds is 6. The minimum atomic E-state index is -0.121. The summed E-state index contributed by atoms with van der Waals surface area (Å²) in [6.45, 7) is 3.65. The molecule has 2 atom stereocenters. The maximum Gasteiger partial charge on any atom is 0.284 e. The summed E-state index contributed by atoms with van der Waals surface area (Å²) < 4.78 is 0. The maximum atomic E-state index is 13.2. The van der Waals surface area contributed by atoms with Gasteiger partial charge < -0.3 is 15.2 Å². The van der Waals surface area contributed by atoms with Gasteiger partial charge in [0.1, 0.15) is 0 Å². The lowest BCUT2D eigenvalue weighted by Crippen LogP contribution is -2.92. The van der Waals surface area contributed by atoms with Crippen molar-refractivity contribution >= 4 is 33.8 Å². The van der Waals surface area contributed by atoms with Crippen molar-refractivity contribution in [3.8, 4) is 0 Å². The summed E-state index contributed by atoms with van der Waals surface area (Å²) >= 11 is 1.78. The highest BCUT2D eigenvalue weighted by Crippen LogP contribution is 2.32. The predicted molar refractivity (Wildman–Crippen MR) is 123 cm³/mol. The molecule has 30 heavy (non-hydrogen) atoms. The quantitative estimate of drug-likeness (QED) is 0.492. The predicted octanol–water partition coefficient (Wildman–Crippen LogP) is 3.90. The van der Waals surface area contributed by atoms with Crippen LogP contribution in [0.15, 0.2) is 72.2 Å². The highest BCUT2D eigenvalue weighted by molar-refractivity contribution is 7.10. The zero-order valence-corrected chi connectivity index (χ0v) is 17.9. The molecule has 5 rings (SSSR count). The Kier molecular flexibility index (Phi) is 5.15. The minimum absolute atomic E-state index is 0.121. The summed E-state index contributed by atoms with van der Waals surface area (Å²) in [5.41, 5.74) is 4.81. The van der Waals surface area contributed by atoms with Gasteiger partial charge in [0.05, 0.1) is 12.5 Å². The molecule has 0 bridgehead atoms. The molecule has 3 N–H and O–H groups in total. The lowest BCUT2D eigenvalue weighted by Gasteiger charge is -2.22. The fourth-order valence-corrected chi connectivity index (χ4v) is 5.38. The number of nitrogens with two attached hydrogens (primary N) is 1. The summed E-state index contributed by atoms with van der Waals surface area (Å²) in [6, 6.07) is 20.9. The third kappa shape index (κ3) is 3.44. The normalized spacial score (nSPS) is 15.3. The van der Waals surface area contributed by atoms with Crippen molar-refractivity contribution in [3.05, 3.63) is 88.2 Å². The van der Waals surface area contributed by atoms with E-state index in [-0.39, 0.29) is 17.9 Å². The van der Waals surface area contributed by atoms with E-state index in [2.05, 4.69) is 76.5 Å². The summed E-state index contributed by atoms with van der Waals surface area (Å²) in [7, 11) is 0. The zero-order valence-electron chi connectivity index (χ0n) is 17.0. The van der Waals surface area contributed by atoms with Crippen LogP contribution in [0, 0.1) is 0 Å². The van der Waals surface area contributed by atoms with Crippen LogP contribution in [-0.2, 0) is 11.2 Å². The van der Waals surface area contributed by atoms with Gasteiger partial charge in [-0.15, -0.1) is 11.3 Å². The van der Waals surface area contributed by atoms with E-state index in [0.717, 1.165) is 30.7 Å². The summed E-state index contributed by atoms with van der Waals surface area (Å²) in [5, 5.41) is 5.60. The first-order valence-electron chi connectivity index (χ1n) is 10.5. The number of para-hydroxylation sites is 2. The van der Waals surface area contributed by atoms with Crippen molar-refractivity contribution in [2.45, 2.75) is 25.3 Å². The van der Waals surface area contributed by atoms with Gasteiger partial charge >= 0.3 is 0 Å². The van der Waals surface area contributed by atoms with E-state index in [4.69, 9.17) is 0 Å². The number of quaternary nitrogens is 1. The average molecular weight is 417 g/mol. The van der Waals surface area contributed by atoms with Crippen molar-refractivity contribution in [2.24, 2.45) is 0 Å². The molecule has 2 aromatic carbocycles. The Morgan fingerprint density at radius 2 is 1.97 bits per heavy atom. The molecule has 5 heteroatoms. The number of amides is 1. The highest BCUT2D eigenvalue weighted by Gasteiger charge is 2.31. The molecule has 4 nitrogen and oxygen atoms in total. The number of nitrogens with one attached hydrogen (secondary N) is 1. The Balaban J connectivity index is 1.36. The van der Waals surface area contributed by atoms with Crippen LogP contribution in [0.3, 0.4) is 0 Å². The van der Waals surface area contributed by atoms with E-state index < -0.39 is 0 Å². The Hall–Kier alpha value is -2.89. The molecule has 0 unspecified atom stereocenters. The van der Waals surface area contributed by atoms with Gasteiger partial charge in [0, 0.05) is 34.2 Å². The van der Waals surface area contributed by atoms with Crippen LogP contribution < -0.4 is 10.2 Å². The van der Waals surface area contributed by atoms with Crippen LogP contribution in [0.4, 0.5) is 5.69 Å². The van der Waals surface area contributed by atoms with Gasteiger partial charge in [-0.1, -0.05) is 42.5 Å². The SMILES string of the molecule is C[C@H]([NH2+]C[C@H](c1cccs1)c1c[nH]c2ccccc12)C(=O)N1CCc2ccccc21. The van der Waals surface area contributed by atoms with E-state index in [9.17, 15) is 4.79 Å². The number of aromatic nitrogens is 1. The number of fused-ring (bicyclic) bond motifs is 2. The molecule has 1 aliphatic rings. The molecule has 1 aliphatic heterocycles. The van der Waals surface area contributed by atoms with Crippen LogP contribution in [-0.4, -0.2) is 30.0 Å². The highest BCUT2D eigenvalue weighted by atomic mass is 32.1. The van der Waals surface area contributed by atoms with Crippen molar-refractivity contribution in [1.29, 1.82) is 0 Å². The molecule has 4 aromatic rings. The smallest absolute Gasteiger partial charge is 0.284 e. The third-order valence-electron chi connectivity index (χ3n) is 6.15. The first-order valence-corrected chi connectivity index (χ1v) is 11.4. The van der Waals surface area contributed by atoms with E-state index in [0.29, 0.717) is 0 Å². The number of anilines is 1. The van der Waals surface area contributed by atoms with Gasteiger partial charge in [0.15, 0.2) is 6.04 Å². The molecule has 3 heterocycles. The van der Waals surface area contributed by atoms with Crippen LogP contribution in [0.5, 0.6) is 0 Å². The summed E-state index contributed by atoms with van der Waals surface area (Å²) in [5.74, 6) is 0.450. The number of benzene rings is 2. The number of carbonyl (C=O) groups is 1. The van der Waals surface area contributed by atoms with Crippen LogP contribution in [0.1, 0.15) is 28.8 Å². The van der Waals surface area contributed by atoms with E-state index in [1.165, 1.54) is 21.4 Å². The fourth-order valence-electron chi connectivity index (χ4n) is 4.52. The van der Waals surface area contributed by atoms with E-state index in [1.807, 2.05) is 17.9 Å². The van der Waals surface area contributed by atoms with Gasteiger partial charge in [-0.2, -0.15) is 0 Å². The standard InChI is InChI=1S/C25H25N3OS/c1-17(25(29)28-13-12-18-7-2-5-10-23(18)28)26-16-21(24-11-6-14-30-24)20-15-27-22-9-4-3-8-19(20)22/h2-11,14-15,17,21,26-27H,12-13,16H2,1H3/p+1/t17-,21-/m0/s1. The molecule has 0 saturated heterocycles. The molecule has 152 valence electrons. The Morgan fingerprint density at radius 3 is 2.83 bits per heavy atom. The first-order chi connectivity index (χ1) is 14.7. The van der Waals surface area contributed by atoms with Crippen molar-refractivity contribution in [2.75, 3.05) is 18.0 Å². The molecule has 0 saturated carbocycles. The van der Waals surface area contributed by atoms with Gasteiger partial charge in [-0.25, -0.2) is 0 Å². The lowest BCUT2D eigenvalue weighted by atomic mass is 9.96. The molecular formula is C25H26N3OS+. The monoisotopic (exact) mass is 416 g/mol. The molecule has 1 amide bonds. The lowest BCUT2D eigenvalue weighted by molar-refractivity contribution is -0.674. The second kappa shape index (κ2) is 8.09. The molecule has 0 radical (unpaired) electrons. The molecule has 0 spiro atoms. The third-order valence-corrected chi connectivity index (χ3v) is 7.14. The summed E-state index contributed by atoms with van der Waals surface area (Å²) in [4.78, 5) is 19.9. The van der Waals surface area contributed by atoms with Gasteiger partial charge in [0.25, 0.3) is 5.91 Å². The number of H-pyrrole nitrogens is 1. The second-order valence-corrected chi connectivity index (χ2v) is 8.97. The number of aromatic amines is 1. The largest absolute Gasteiger partial charge is 0.361 e. The van der Waals surface area contributed by atoms with E-state index in [1.54, 1.807) is 11.3 Å². The molecule has 0 aliphatic carbocycles. The van der Waals surface area contributed by atoms with E-state index >= 15 is 0 Å². The minimum Gasteiger partial charge on any atom is -0.361 e. The molecular weight excluding hydrogens is 390 g/mol. The topological polar surface area (TPSA) is 52.7 Å². The number of carbonyl (C=O) groups excluding carboxylic acids is 1. The second-order valence-electron chi connectivity index (χ2n) is 7.99. The van der Waals surface area contributed by atoms with Gasteiger partial charge in [-0.05, 0) is 48.1 Å². The fraction of sp³-hybridized carbons (Fsp3) is 0.240. The number of hydrogen-bond donors (Lipinski definition) is 2. The first kappa shape index (κ1) is 19.1. The Labute approximate surface area is 180 Å². The maximum absolute atomic E-state index is 13.2. The van der Waals surface area contributed by atoms with Crippen LogP contribution >= 0.6 is 11.3 Å². The van der Waals surface area contributed by atoms with Gasteiger partial charge in [-0.3, -0.25) is 4.79 Å². The van der Waals surface area contributed by atoms with Crippen molar-refractivity contribution in [3.63, 3.8) is 0 Å². The zero-order chi connectivity index (χ0) is 20.5. The average Bonchev–Trinajstić information content (AvgIpc) is 3.53. The van der Waals surface area contributed by atoms with Crippen molar-refractivity contribution in [1.82, 2.24) is 4.98 Å². The Bertz CT molecular complexity index is 1160. The number of nitrogens with zero attached hydrogens (tertiary/aromatic N) is 1.